The third-order valence-electron chi connectivity index (χ3n) is 4.27. The molecule has 1 aromatic heterocycles. The standard InChI is InChI=1S/C16H21N5O2/c1-19-15(22)3-2-14(18-19)16(23)21-10-8-20(9-11-21)12-13-4-6-17-7-5-13/h4-7H,2-3,8-12H2,1H3. The second-order valence-electron chi connectivity index (χ2n) is 5.89. The quantitative estimate of drug-likeness (QED) is 0.806. The lowest BCUT2D eigenvalue weighted by Gasteiger charge is -2.35. The Balaban J connectivity index is 1.53. The molecule has 0 unspecified atom stereocenters. The summed E-state index contributed by atoms with van der Waals surface area (Å²) in [4.78, 5) is 32.1. The van der Waals surface area contributed by atoms with Crippen molar-refractivity contribution in [1.82, 2.24) is 19.8 Å². The van der Waals surface area contributed by atoms with E-state index in [1.54, 1.807) is 19.4 Å². The minimum Gasteiger partial charge on any atom is -0.335 e. The van der Waals surface area contributed by atoms with Crippen LogP contribution in [0, 0.1) is 0 Å². The highest BCUT2D eigenvalue weighted by atomic mass is 16.2. The number of nitrogens with zero attached hydrogens (tertiary/aromatic N) is 5. The Bertz CT molecular complexity index is 608. The SMILES string of the molecule is CN1N=C(C(=O)N2CCN(Cc3ccncc3)CC2)CCC1=O. The Hall–Kier alpha value is -2.28. The summed E-state index contributed by atoms with van der Waals surface area (Å²) in [5, 5.41) is 5.39. The fourth-order valence-electron chi connectivity index (χ4n) is 2.86. The maximum atomic E-state index is 12.5. The number of hydrogen-bond acceptors (Lipinski definition) is 5. The summed E-state index contributed by atoms with van der Waals surface area (Å²) >= 11 is 0. The molecule has 7 heteroatoms. The number of piperazine rings is 1. The maximum absolute atomic E-state index is 12.5. The van der Waals surface area contributed by atoms with Gasteiger partial charge in [-0.05, 0) is 17.7 Å². The molecular weight excluding hydrogens is 294 g/mol. The Morgan fingerprint density at radius 1 is 1.13 bits per heavy atom. The molecule has 0 radical (unpaired) electrons. The average molecular weight is 315 g/mol. The molecular formula is C16H21N5O2. The van der Waals surface area contributed by atoms with E-state index in [-0.39, 0.29) is 11.8 Å². The van der Waals surface area contributed by atoms with Crippen LogP contribution in [0.2, 0.25) is 0 Å². The summed E-state index contributed by atoms with van der Waals surface area (Å²) in [7, 11) is 1.60. The lowest BCUT2D eigenvalue weighted by atomic mass is 10.1. The van der Waals surface area contributed by atoms with Crippen LogP contribution in [-0.4, -0.2) is 70.5 Å². The molecule has 0 aliphatic carbocycles. The molecule has 23 heavy (non-hydrogen) atoms. The predicted molar refractivity (Wildman–Crippen MR) is 85.5 cm³/mol. The number of hydrazone groups is 1. The van der Waals surface area contributed by atoms with Crippen molar-refractivity contribution in [2.75, 3.05) is 33.2 Å². The van der Waals surface area contributed by atoms with E-state index in [0.717, 1.165) is 19.6 Å². The minimum atomic E-state index is -0.0382. The van der Waals surface area contributed by atoms with Crippen molar-refractivity contribution in [3.8, 4) is 0 Å². The second-order valence-corrected chi connectivity index (χ2v) is 5.89. The molecule has 1 fully saturated rings. The van der Waals surface area contributed by atoms with Crippen molar-refractivity contribution < 1.29 is 9.59 Å². The van der Waals surface area contributed by atoms with Crippen LogP contribution in [0.4, 0.5) is 0 Å². The number of pyridine rings is 1. The molecule has 0 bridgehead atoms. The smallest absolute Gasteiger partial charge is 0.270 e. The monoisotopic (exact) mass is 315 g/mol. The van der Waals surface area contributed by atoms with Crippen LogP contribution in [0.1, 0.15) is 18.4 Å². The summed E-state index contributed by atoms with van der Waals surface area (Å²) in [6.45, 7) is 3.95. The fraction of sp³-hybridized carbons (Fsp3) is 0.500. The first-order valence-corrected chi connectivity index (χ1v) is 7.88. The van der Waals surface area contributed by atoms with E-state index in [0.29, 0.717) is 31.6 Å². The van der Waals surface area contributed by atoms with E-state index in [2.05, 4.69) is 15.0 Å². The number of rotatable bonds is 3. The molecule has 0 saturated carbocycles. The van der Waals surface area contributed by atoms with Gasteiger partial charge in [0.2, 0.25) is 5.91 Å². The topological polar surface area (TPSA) is 69.1 Å². The lowest BCUT2D eigenvalue weighted by molar-refractivity contribution is -0.131. The van der Waals surface area contributed by atoms with Crippen molar-refractivity contribution in [3.05, 3.63) is 30.1 Å². The molecule has 2 aliphatic rings. The Morgan fingerprint density at radius 3 is 2.48 bits per heavy atom. The normalized spacial score (nSPS) is 19.7. The molecule has 122 valence electrons. The first kappa shape index (κ1) is 15.6. The zero-order chi connectivity index (χ0) is 16.2. The van der Waals surface area contributed by atoms with Crippen molar-refractivity contribution in [1.29, 1.82) is 0 Å². The highest BCUT2D eigenvalue weighted by Gasteiger charge is 2.28. The zero-order valence-corrected chi connectivity index (χ0v) is 13.3. The summed E-state index contributed by atoms with van der Waals surface area (Å²) in [6, 6.07) is 4.03. The van der Waals surface area contributed by atoms with Gasteiger partial charge in [-0.3, -0.25) is 19.5 Å². The Morgan fingerprint density at radius 2 is 1.83 bits per heavy atom. The van der Waals surface area contributed by atoms with Gasteiger partial charge in [-0.25, -0.2) is 5.01 Å². The van der Waals surface area contributed by atoms with Gasteiger partial charge in [0, 0.05) is 65.0 Å². The van der Waals surface area contributed by atoms with Gasteiger partial charge in [0.15, 0.2) is 0 Å². The van der Waals surface area contributed by atoms with Gasteiger partial charge in [-0.15, -0.1) is 0 Å². The number of amides is 2. The highest BCUT2D eigenvalue weighted by Crippen LogP contribution is 2.12. The first-order chi connectivity index (χ1) is 11.1. The van der Waals surface area contributed by atoms with Crippen LogP contribution >= 0.6 is 0 Å². The number of carbonyl (C=O) groups excluding carboxylic acids is 2. The van der Waals surface area contributed by atoms with Gasteiger partial charge in [-0.2, -0.15) is 5.10 Å². The number of aromatic nitrogens is 1. The minimum absolute atomic E-state index is 0.0343. The third kappa shape index (κ3) is 3.73. The highest BCUT2D eigenvalue weighted by molar-refractivity contribution is 6.39. The van der Waals surface area contributed by atoms with E-state index in [1.807, 2.05) is 17.0 Å². The van der Waals surface area contributed by atoms with Gasteiger partial charge < -0.3 is 4.90 Å². The molecule has 0 aromatic carbocycles. The van der Waals surface area contributed by atoms with E-state index in [9.17, 15) is 9.59 Å². The van der Waals surface area contributed by atoms with Crippen molar-refractivity contribution in [2.24, 2.45) is 5.10 Å². The number of carbonyl (C=O) groups is 2. The molecule has 0 spiro atoms. The van der Waals surface area contributed by atoms with Gasteiger partial charge in [-0.1, -0.05) is 0 Å². The first-order valence-electron chi connectivity index (χ1n) is 7.88. The van der Waals surface area contributed by atoms with Gasteiger partial charge in [0.1, 0.15) is 5.71 Å². The van der Waals surface area contributed by atoms with Gasteiger partial charge >= 0.3 is 0 Å². The van der Waals surface area contributed by atoms with Crippen LogP contribution in [-0.2, 0) is 16.1 Å². The summed E-state index contributed by atoms with van der Waals surface area (Å²) in [5.74, 6) is -0.0726. The average Bonchev–Trinajstić information content (AvgIpc) is 2.58. The van der Waals surface area contributed by atoms with Crippen LogP contribution < -0.4 is 0 Å². The van der Waals surface area contributed by atoms with E-state index in [4.69, 9.17) is 0 Å². The van der Waals surface area contributed by atoms with E-state index < -0.39 is 0 Å². The van der Waals surface area contributed by atoms with Crippen molar-refractivity contribution in [3.63, 3.8) is 0 Å². The molecule has 0 atom stereocenters. The predicted octanol–water partition coefficient (Wildman–Crippen LogP) is 0.334. The Labute approximate surface area is 135 Å². The fourth-order valence-corrected chi connectivity index (χ4v) is 2.86. The zero-order valence-electron chi connectivity index (χ0n) is 13.3. The van der Waals surface area contributed by atoms with Gasteiger partial charge in [0.25, 0.3) is 5.91 Å². The summed E-state index contributed by atoms with van der Waals surface area (Å²) in [5.41, 5.74) is 1.73. The third-order valence-corrected chi connectivity index (χ3v) is 4.27. The largest absolute Gasteiger partial charge is 0.335 e. The summed E-state index contributed by atoms with van der Waals surface area (Å²) in [6.07, 6.45) is 4.41. The van der Waals surface area contributed by atoms with Crippen LogP contribution in [0.5, 0.6) is 0 Å². The Kier molecular flexibility index (Phi) is 4.66. The van der Waals surface area contributed by atoms with Gasteiger partial charge in [0.05, 0.1) is 0 Å². The van der Waals surface area contributed by atoms with Crippen LogP contribution in [0.15, 0.2) is 29.6 Å². The molecule has 2 aliphatic heterocycles. The lowest BCUT2D eigenvalue weighted by Crippen LogP contribution is -2.51. The molecule has 3 heterocycles. The second kappa shape index (κ2) is 6.87. The van der Waals surface area contributed by atoms with Crippen molar-refractivity contribution in [2.45, 2.75) is 19.4 Å². The van der Waals surface area contributed by atoms with Crippen LogP contribution in [0.25, 0.3) is 0 Å². The van der Waals surface area contributed by atoms with E-state index >= 15 is 0 Å². The molecule has 3 rings (SSSR count). The number of hydrogen-bond donors (Lipinski definition) is 0. The molecule has 2 amide bonds. The van der Waals surface area contributed by atoms with E-state index in [1.165, 1.54) is 10.6 Å². The molecule has 0 N–H and O–H groups in total. The maximum Gasteiger partial charge on any atom is 0.270 e. The molecule has 1 saturated heterocycles. The molecule has 7 nitrogen and oxygen atoms in total. The molecule has 1 aromatic rings. The summed E-state index contributed by atoms with van der Waals surface area (Å²) < 4.78 is 0. The van der Waals surface area contributed by atoms with Crippen molar-refractivity contribution >= 4 is 17.5 Å². The van der Waals surface area contributed by atoms with Crippen LogP contribution in [0.3, 0.4) is 0 Å².